The maximum absolute atomic E-state index is 5.98. The molecular weight excluding hydrogens is 228 g/mol. The van der Waals surface area contributed by atoms with Gasteiger partial charge in [-0.1, -0.05) is 31.9 Å². The molecule has 1 unspecified atom stereocenters. The molecule has 0 spiro atoms. The maximum Gasteiger partial charge on any atom is 0.121 e. The Morgan fingerprint density at radius 3 is 2.73 bits per heavy atom. The number of thioether (sulfide) groups is 1. The van der Waals surface area contributed by atoms with E-state index in [9.17, 15) is 0 Å². The Labute approximate surface area is 101 Å². The number of hydrogen-bond donors (Lipinski definition) is 0. The molecule has 0 aliphatic heterocycles. The zero-order valence-corrected chi connectivity index (χ0v) is 11.0. The van der Waals surface area contributed by atoms with Crippen LogP contribution in [0.15, 0.2) is 23.1 Å². The van der Waals surface area contributed by atoms with Gasteiger partial charge >= 0.3 is 0 Å². The van der Waals surface area contributed by atoms with Crippen molar-refractivity contribution in [1.82, 2.24) is 0 Å². The van der Waals surface area contributed by atoms with E-state index in [4.69, 9.17) is 16.3 Å². The molecule has 0 heterocycles. The molecule has 1 nitrogen and oxygen atoms in total. The summed E-state index contributed by atoms with van der Waals surface area (Å²) in [6.07, 6.45) is 1.21. The molecule has 0 radical (unpaired) electrons. The summed E-state index contributed by atoms with van der Waals surface area (Å²) < 4.78 is 5.17. The van der Waals surface area contributed by atoms with Gasteiger partial charge in [0.2, 0.25) is 0 Å². The summed E-state index contributed by atoms with van der Waals surface area (Å²) in [7, 11) is 1.66. The first-order valence-electron chi connectivity index (χ1n) is 5.13. The topological polar surface area (TPSA) is 9.23 Å². The van der Waals surface area contributed by atoms with Crippen LogP contribution in [0.1, 0.15) is 20.3 Å². The van der Waals surface area contributed by atoms with Gasteiger partial charge in [-0.05, 0) is 24.1 Å². The number of rotatable bonds is 5. The summed E-state index contributed by atoms with van der Waals surface area (Å²) in [4.78, 5) is 1.18. The third-order valence-electron chi connectivity index (χ3n) is 2.31. The zero-order chi connectivity index (χ0) is 11.3. The predicted octanol–water partition coefficient (Wildman–Crippen LogP) is 4.49. The molecule has 0 saturated carbocycles. The third-order valence-corrected chi connectivity index (χ3v) is 3.83. The lowest BCUT2D eigenvalue weighted by atomic mass is 10.2. The molecule has 3 heteroatoms. The standard InChI is InChI=1S/C12H17ClOS/c1-4-9(2)8-15-12-6-10(13)5-11(7-12)14-3/h5-7,9H,4,8H2,1-3H3. The monoisotopic (exact) mass is 244 g/mol. The second kappa shape index (κ2) is 6.29. The highest BCUT2D eigenvalue weighted by Gasteiger charge is 2.03. The normalized spacial score (nSPS) is 12.5. The van der Waals surface area contributed by atoms with Crippen LogP contribution in [0, 0.1) is 5.92 Å². The Balaban J connectivity index is 2.64. The van der Waals surface area contributed by atoms with E-state index in [1.54, 1.807) is 7.11 Å². The average Bonchev–Trinajstić information content (AvgIpc) is 2.25. The molecule has 1 aromatic rings. The highest BCUT2D eigenvalue weighted by molar-refractivity contribution is 7.99. The Bertz CT molecular complexity index is 314. The minimum Gasteiger partial charge on any atom is -0.497 e. The van der Waals surface area contributed by atoms with Crippen molar-refractivity contribution in [2.75, 3.05) is 12.9 Å². The van der Waals surface area contributed by atoms with Crippen molar-refractivity contribution in [3.05, 3.63) is 23.2 Å². The number of benzene rings is 1. The Hall–Kier alpha value is -0.340. The fourth-order valence-corrected chi connectivity index (χ4v) is 2.51. The van der Waals surface area contributed by atoms with Crippen molar-refractivity contribution in [2.45, 2.75) is 25.2 Å². The van der Waals surface area contributed by atoms with E-state index in [2.05, 4.69) is 13.8 Å². The quantitative estimate of drug-likeness (QED) is 0.706. The van der Waals surface area contributed by atoms with Crippen LogP contribution in [0.5, 0.6) is 5.75 Å². The second-order valence-corrected chi connectivity index (χ2v) is 5.18. The van der Waals surface area contributed by atoms with Crippen molar-refractivity contribution in [3.63, 3.8) is 0 Å². The van der Waals surface area contributed by atoms with Crippen LogP contribution in [-0.4, -0.2) is 12.9 Å². The van der Waals surface area contributed by atoms with Crippen LogP contribution >= 0.6 is 23.4 Å². The van der Waals surface area contributed by atoms with Gasteiger partial charge in [0.25, 0.3) is 0 Å². The van der Waals surface area contributed by atoms with E-state index < -0.39 is 0 Å². The molecule has 0 aliphatic rings. The van der Waals surface area contributed by atoms with E-state index in [1.165, 1.54) is 11.3 Å². The summed E-state index contributed by atoms with van der Waals surface area (Å²) >= 11 is 7.82. The number of hydrogen-bond acceptors (Lipinski definition) is 2. The van der Waals surface area contributed by atoms with Crippen molar-refractivity contribution < 1.29 is 4.74 Å². The van der Waals surface area contributed by atoms with Crippen LogP contribution in [0.25, 0.3) is 0 Å². The summed E-state index contributed by atoms with van der Waals surface area (Å²) in [6.45, 7) is 4.47. The molecule has 15 heavy (non-hydrogen) atoms. The summed E-state index contributed by atoms with van der Waals surface area (Å²) in [5.74, 6) is 2.69. The molecule has 1 atom stereocenters. The zero-order valence-electron chi connectivity index (χ0n) is 9.42. The van der Waals surface area contributed by atoms with Crippen molar-refractivity contribution in [2.24, 2.45) is 5.92 Å². The van der Waals surface area contributed by atoms with E-state index in [0.717, 1.165) is 22.4 Å². The van der Waals surface area contributed by atoms with Gasteiger partial charge in [0.1, 0.15) is 5.75 Å². The van der Waals surface area contributed by atoms with Crippen molar-refractivity contribution >= 4 is 23.4 Å². The lowest BCUT2D eigenvalue weighted by molar-refractivity contribution is 0.413. The fourth-order valence-electron chi connectivity index (χ4n) is 1.09. The lowest BCUT2D eigenvalue weighted by Crippen LogP contribution is -1.95. The highest BCUT2D eigenvalue weighted by atomic mass is 35.5. The van der Waals surface area contributed by atoms with Crippen molar-refractivity contribution in [1.29, 1.82) is 0 Å². The van der Waals surface area contributed by atoms with Crippen LogP contribution < -0.4 is 4.74 Å². The maximum atomic E-state index is 5.98. The van der Waals surface area contributed by atoms with Crippen LogP contribution in [0.4, 0.5) is 0 Å². The van der Waals surface area contributed by atoms with Gasteiger partial charge in [0, 0.05) is 15.7 Å². The number of methoxy groups -OCH3 is 1. The number of ether oxygens (including phenoxy) is 1. The average molecular weight is 245 g/mol. The van der Waals surface area contributed by atoms with Crippen molar-refractivity contribution in [3.8, 4) is 5.75 Å². The van der Waals surface area contributed by atoms with Gasteiger partial charge in [-0.2, -0.15) is 0 Å². The van der Waals surface area contributed by atoms with Crippen LogP contribution in [-0.2, 0) is 0 Å². The first-order chi connectivity index (χ1) is 7.15. The minimum atomic E-state index is 0.736. The third kappa shape index (κ3) is 4.35. The first-order valence-corrected chi connectivity index (χ1v) is 6.49. The Morgan fingerprint density at radius 1 is 1.40 bits per heavy atom. The van der Waals surface area contributed by atoms with Crippen LogP contribution in [0.3, 0.4) is 0 Å². The molecule has 84 valence electrons. The molecule has 0 saturated heterocycles. The highest BCUT2D eigenvalue weighted by Crippen LogP contribution is 2.29. The minimum absolute atomic E-state index is 0.736. The van der Waals surface area contributed by atoms with Gasteiger partial charge in [-0.25, -0.2) is 0 Å². The number of halogens is 1. The first kappa shape index (κ1) is 12.7. The lowest BCUT2D eigenvalue weighted by Gasteiger charge is -2.09. The van der Waals surface area contributed by atoms with Gasteiger partial charge in [-0.3, -0.25) is 0 Å². The molecule has 1 rings (SSSR count). The molecule has 0 bridgehead atoms. The molecule has 0 aromatic heterocycles. The van der Waals surface area contributed by atoms with E-state index >= 15 is 0 Å². The summed E-state index contributed by atoms with van der Waals surface area (Å²) in [6, 6.07) is 5.84. The molecule has 1 aromatic carbocycles. The second-order valence-electron chi connectivity index (χ2n) is 3.65. The molecule has 0 N–H and O–H groups in total. The smallest absolute Gasteiger partial charge is 0.121 e. The fraction of sp³-hybridized carbons (Fsp3) is 0.500. The van der Waals surface area contributed by atoms with Gasteiger partial charge in [0.15, 0.2) is 0 Å². The largest absolute Gasteiger partial charge is 0.497 e. The van der Waals surface area contributed by atoms with E-state index in [1.807, 2.05) is 30.0 Å². The summed E-state index contributed by atoms with van der Waals surface area (Å²) in [5, 5.41) is 0.737. The Kier molecular flexibility index (Phi) is 5.34. The van der Waals surface area contributed by atoms with Crippen LogP contribution in [0.2, 0.25) is 5.02 Å². The summed E-state index contributed by atoms with van der Waals surface area (Å²) in [5.41, 5.74) is 0. The van der Waals surface area contributed by atoms with Gasteiger partial charge < -0.3 is 4.74 Å². The van der Waals surface area contributed by atoms with Gasteiger partial charge in [0.05, 0.1) is 7.11 Å². The molecule has 0 fully saturated rings. The SMILES string of the molecule is CCC(C)CSc1cc(Cl)cc(OC)c1. The van der Waals surface area contributed by atoms with Gasteiger partial charge in [-0.15, -0.1) is 11.8 Å². The Morgan fingerprint density at radius 2 is 2.13 bits per heavy atom. The molecule has 0 amide bonds. The van der Waals surface area contributed by atoms with E-state index in [-0.39, 0.29) is 0 Å². The van der Waals surface area contributed by atoms with E-state index in [0.29, 0.717) is 0 Å². The molecule has 0 aliphatic carbocycles. The molecular formula is C12H17ClOS. The predicted molar refractivity (Wildman–Crippen MR) is 68.2 cm³/mol.